The number of nitrogens with zero attached hydrogens (tertiary/aromatic N) is 2. The summed E-state index contributed by atoms with van der Waals surface area (Å²) >= 11 is 5.82. The van der Waals surface area contributed by atoms with Crippen LogP contribution in [0, 0.1) is 6.92 Å². The molecule has 1 aromatic heterocycles. The minimum Gasteiger partial charge on any atom is -0.476 e. The molecule has 0 amide bonds. The third-order valence-electron chi connectivity index (χ3n) is 2.60. The molecule has 2 rings (SSSR count). The predicted octanol–water partition coefficient (Wildman–Crippen LogP) is 2.75. The summed E-state index contributed by atoms with van der Waals surface area (Å²) in [5.74, 6) is -1.02. The fourth-order valence-corrected chi connectivity index (χ4v) is 1.97. The second-order valence-corrected chi connectivity index (χ2v) is 4.19. The van der Waals surface area contributed by atoms with Crippen molar-refractivity contribution >= 4 is 17.6 Å². The standard InChI is InChI=1S/C12H11ClN2O2/c1-7-10(12(16)17)14-15(2)11(7)8-3-5-9(13)6-4-8/h3-6H,1-2H3,(H,16,17). The van der Waals surface area contributed by atoms with Crippen molar-refractivity contribution in [2.45, 2.75) is 6.92 Å². The third-order valence-corrected chi connectivity index (χ3v) is 2.86. The van der Waals surface area contributed by atoms with Gasteiger partial charge in [-0.3, -0.25) is 4.68 Å². The van der Waals surface area contributed by atoms with Crippen LogP contribution >= 0.6 is 11.6 Å². The average molecular weight is 251 g/mol. The maximum Gasteiger partial charge on any atom is 0.356 e. The van der Waals surface area contributed by atoms with Gasteiger partial charge in [0.15, 0.2) is 5.69 Å². The zero-order valence-electron chi connectivity index (χ0n) is 9.44. The number of benzene rings is 1. The Morgan fingerprint density at radius 3 is 2.41 bits per heavy atom. The van der Waals surface area contributed by atoms with Crippen LogP contribution in [0.1, 0.15) is 16.1 Å². The topological polar surface area (TPSA) is 55.1 Å². The van der Waals surface area contributed by atoms with Gasteiger partial charge in [-0.25, -0.2) is 4.79 Å². The lowest BCUT2D eigenvalue weighted by Crippen LogP contribution is -2.00. The molecule has 0 unspecified atom stereocenters. The van der Waals surface area contributed by atoms with Crippen LogP contribution in [0.15, 0.2) is 24.3 Å². The molecule has 4 nitrogen and oxygen atoms in total. The molecular formula is C12H11ClN2O2. The number of aromatic nitrogens is 2. The molecule has 2 aromatic rings. The SMILES string of the molecule is Cc1c(C(=O)O)nn(C)c1-c1ccc(Cl)cc1. The zero-order valence-corrected chi connectivity index (χ0v) is 10.2. The van der Waals surface area contributed by atoms with Crippen LogP contribution in [-0.4, -0.2) is 20.9 Å². The molecule has 0 bridgehead atoms. The Balaban J connectivity index is 2.59. The summed E-state index contributed by atoms with van der Waals surface area (Å²) in [7, 11) is 1.73. The number of halogens is 1. The normalized spacial score (nSPS) is 10.5. The van der Waals surface area contributed by atoms with E-state index in [1.54, 1.807) is 30.8 Å². The first-order valence-corrected chi connectivity index (χ1v) is 5.41. The summed E-state index contributed by atoms with van der Waals surface area (Å²) in [5, 5.41) is 13.6. The van der Waals surface area contributed by atoms with E-state index in [4.69, 9.17) is 16.7 Å². The molecule has 88 valence electrons. The molecule has 0 aliphatic carbocycles. The first-order valence-electron chi connectivity index (χ1n) is 5.03. The van der Waals surface area contributed by atoms with Crippen LogP contribution < -0.4 is 0 Å². The first kappa shape index (κ1) is 11.7. The van der Waals surface area contributed by atoms with Crippen molar-refractivity contribution < 1.29 is 9.90 Å². The van der Waals surface area contributed by atoms with Crippen LogP contribution in [0.2, 0.25) is 5.02 Å². The maximum atomic E-state index is 11.0. The van der Waals surface area contributed by atoms with Gasteiger partial charge in [-0.1, -0.05) is 23.7 Å². The molecular weight excluding hydrogens is 240 g/mol. The summed E-state index contributed by atoms with van der Waals surface area (Å²) in [6.07, 6.45) is 0. The molecule has 0 radical (unpaired) electrons. The van der Waals surface area contributed by atoms with E-state index in [1.165, 1.54) is 0 Å². The molecule has 0 spiro atoms. The minimum absolute atomic E-state index is 0.0810. The lowest BCUT2D eigenvalue weighted by atomic mass is 10.1. The molecule has 0 saturated heterocycles. The molecule has 17 heavy (non-hydrogen) atoms. The fourth-order valence-electron chi connectivity index (χ4n) is 1.84. The van der Waals surface area contributed by atoms with Gasteiger partial charge in [-0.2, -0.15) is 5.10 Å². The van der Waals surface area contributed by atoms with Crippen LogP contribution in [0.3, 0.4) is 0 Å². The average Bonchev–Trinajstić information content (AvgIpc) is 2.56. The van der Waals surface area contributed by atoms with Crippen molar-refractivity contribution in [2.75, 3.05) is 0 Å². The van der Waals surface area contributed by atoms with Crippen molar-refractivity contribution in [1.29, 1.82) is 0 Å². The first-order chi connectivity index (χ1) is 8.00. The minimum atomic E-state index is -1.02. The van der Waals surface area contributed by atoms with Crippen LogP contribution in [-0.2, 0) is 7.05 Å². The smallest absolute Gasteiger partial charge is 0.356 e. The summed E-state index contributed by atoms with van der Waals surface area (Å²) in [4.78, 5) is 11.0. The van der Waals surface area contributed by atoms with E-state index < -0.39 is 5.97 Å². The number of aromatic carboxylic acids is 1. The number of carboxylic acid groups (broad SMARTS) is 1. The van der Waals surface area contributed by atoms with Crippen LogP contribution in [0.25, 0.3) is 11.3 Å². The van der Waals surface area contributed by atoms with Crippen molar-refractivity contribution in [1.82, 2.24) is 9.78 Å². The maximum absolute atomic E-state index is 11.0. The molecule has 1 heterocycles. The van der Waals surface area contributed by atoms with Gasteiger partial charge in [-0.15, -0.1) is 0 Å². The fraction of sp³-hybridized carbons (Fsp3) is 0.167. The summed E-state index contributed by atoms with van der Waals surface area (Å²) in [6, 6.07) is 7.23. The highest BCUT2D eigenvalue weighted by Gasteiger charge is 2.18. The molecule has 0 atom stereocenters. The Hall–Kier alpha value is -1.81. The molecule has 0 fully saturated rings. The number of rotatable bonds is 2. The van der Waals surface area contributed by atoms with Gasteiger partial charge in [0.2, 0.25) is 0 Å². The number of hydrogen-bond acceptors (Lipinski definition) is 2. The number of hydrogen-bond donors (Lipinski definition) is 1. The number of carbonyl (C=O) groups is 1. The zero-order chi connectivity index (χ0) is 12.6. The molecule has 0 aliphatic heterocycles. The predicted molar refractivity (Wildman–Crippen MR) is 65.4 cm³/mol. The van der Waals surface area contributed by atoms with E-state index in [1.807, 2.05) is 12.1 Å². The second-order valence-electron chi connectivity index (χ2n) is 3.76. The van der Waals surface area contributed by atoms with Gasteiger partial charge in [0.05, 0.1) is 5.69 Å². The number of aryl methyl sites for hydroxylation is 1. The van der Waals surface area contributed by atoms with Crippen molar-refractivity contribution in [3.05, 3.63) is 40.5 Å². The highest BCUT2D eigenvalue weighted by molar-refractivity contribution is 6.30. The van der Waals surface area contributed by atoms with Gasteiger partial charge in [0, 0.05) is 23.2 Å². The second kappa shape index (κ2) is 4.22. The van der Waals surface area contributed by atoms with Crippen LogP contribution in [0.4, 0.5) is 0 Å². The Morgan fingerprint density at radius 2 is 1.94 bits per heavy atom. The van der Waals surface area contributed by atoms with Gasteiger partial charge in [-0.05, 0) is 19.1 Å². The van der Waals surface area contributed by atoms with E-state index in [-0.39, 0.29) is 5.69 Å². The molecule has 0 saturated carbocycles. The molecule has 0 aliphatic rings. The monoisotopic (exact) mass is 250 g/mol. The Labute approximate surface area is 103 Å². The largest absolute Gasteiger partial charge is 0.476 e. The van der Waals surface area contributed by atoms with E-state index in [9.17, 15) is 4.79 Å². The summed E-state index contributed by atoms with van der Waals surface area (Å²) < 4.78 is 1.57. The Kier molecular flexibility index (Phi) is 2.90. The van der Waals surface area contributed by atoms with E-state index in [0.717, 1.165) is 11.3 Å². The van der Waals surface area contributed by atoms with Gasteiger partial charge >= 0.3 is 5.97 Å². The van der Waals surface area contributed by atoms with E-state index in [2.05, 4.69) is 5.10 Å². The van der Waals surface area contributed by atoms with E-state index in [0.29, 0.717) is 10.6 Å². The van der Waals surface area contributed by atoms with Gasteiger partial charge in [0.25, 0.3) is 0 Å². The lowest BCUT2D eigenvalue weighted by molar-refractivity contribution is 0.0689. The van der Waals surface area contributed by atoms with Gasteiger partial charge in [0.1, 0.15) is 0 Å². The van der Waals surface area contributed by atoms with Crippen molar-refractivity contribution in [3.8, 4) is 11.3 Å². The highest BCUT2D eigenvalue weighted by atomic mass is 35.5. The van der Waals surface area contributed by atoms with Crippen molar-refractivity contribution in [3.63, 3.8) is 0 Å². The highest BCUT2D eigenvalue weighted by Crippen LogP contribution is 2.26. The van der Waals surface area contributed by atoms with E-state index >= 15 is 0 Å². The van der Waals surface area contributed by atoms with Crippen LogP contribution in [0.5, 0.6) is 0 Å². The van der Waals surface area contributed by atoms with Crippen molar-refractivity contribution in [2.24, 2.45) is 7.05 Å². The molecule has 1 aromatic carbocycles. The Bertz CT molecular complexity index is 573. The summed E-state index contributed by atoms with van der Waals surface area (Å²) in [5.41, 5.74) is 2.42. The third kappa shape index (κ3) is 2.03. The Morgan fingerprint density at radius 1 is 1.35 bits per heavy atom. The molecule has 5 heteroatoms. The molecule has 1 N–H and O–H groups in total. The number of carboxylic acids is 1. The summed E-state index contributed by atoms with van der Waals surface area (Å²) in [6.45, 7) is 1.75. The lowest BCUT2D eigenvalue weighted by Gasteiger charge is -2.03. The quantitative estimate of drug-likeness (QED) is 0.892. The van der Waals surface area contributed by atoms with Gasteiger partial charge < -0.3 is 5.11 Å².